The third-order valence-corrected chi connectivity index (χ3v) is 8.49. The first-order valence-corrected chi connectivity index (χ1v) is 14.4. The van der Waals surface area contributed by atoms with Crippen LogP contribution in [0.1, 0.15) is 49.3 Å². The highest BCUT2D eigenvalue weighted by Gasteiger charge is 2.32. The fraction of sp³-hybridized carbons (Fsp3) is 0.300. The molecule has 0 amide bonds. The van der Waals surface area contributed by atoms with E-state index in [9.17, 15) is 18.3 Å². The Labute approximate surface area is 228 Å². The summed E-state index contributed by atoms with van der Waals surface area (Å²) in [5.41, 5.74) is 2.41. The van der Waals surface area contributed by atoms with Gasteiger partial charge in [0.1, 0.15) is 5.82 Å². The van der Waals surface area contributed by atoms with Crippen molar-refractivity contribution < 1.29 is 18.3 Å². The number of rotatable bonds is 11. The second-order valence-corrected chi connectivity index (χ2v) is 11.2. The minimum absolute atomic E-state index is 0.115. The molecule has 0 aliphatic heterocycles. The summed E-state index contributed by atoms with van der Waals surface area (Å²) in [5.74, 6) is -0.475. The van der Waals surface area contributed by atoms with Gasteiger partial charge < -0.3 is 9.84 Å². The Balaban J connectivity index is 1.86. The van der Waals surface area contributed by atoms with Crippen LogP contribution >= 0.6 is 0 Å². The zero-order chi connectivity index (χ0) is 28.0. The van der Waals surface area contributed by atoms with Crippen LogP contribution in [0.5, 0.6) is 5.88 Å². The van der Waals surface area contributed by atoms with Gasteiger partial charge in [0.25, 0.3) is 5.56 Å². The predicted molar refractivity (Wildman–Crippen MR) is 150 cm³/mol. The van der Waals surface area contributed by atoms with E-state index in [2.05, 4.69) is 16.9 Å². The molecule has 4 rings (SSSR count). The first kappa shape index (κ1) is 28.2. The monoisotopic (exact) mass is 547 g/mol. The molecule has 0 unspecified atom stereocenters. The molecule has 0 radical (unpaired) electrons. The standard InChI is InChI=1S/C30H33N3O5S/c1-4-5-7-14-27-32-29(34)28(30(35)33(27)26(20-38-3)23-11-8-6-9-12-23)39(36,37)24-17-15-22(16-18-24)25-13-10-19-31-21(25)2/h6,8-13,15-19,26,34H,4-5,7,14,20H2,1-3H3/t26-/m0/s1. The first-order chi connectivity index (χ1) is 18.8. The minimum Gasteiger partial charge on any atom is -0.492 e. The molecule has 0 aliphatic rings. The van der Waals surface area contributed by atoms with Crippen molar-refractivity contribution in [2.75, 3.05) is 13.7 Å². The Kier molecular flexibility index (Phi) is 8.93. The molecule has 9 heteroatoms. The normalized spacial score (nSPS) is 12.4. The zero-order valence-corrected chi connectivity index (χ0v) is 23.2. The van der Waals surface area contributed by atoms with Crippen molar-refractivity contribution in [2.45, 2.75) is 55.4 Å². The van der Waals surface area contributed by atoms with Crippen LogP contribution in [-0.2, 0) is 21.0 Å². The van der Waals surface area contributed by atoms with E-state index in [0.29, 0.717) is 12.2 Å². The summed E-state index contributed by atoms with van der Waals surface area (Å²) < 4.78 is 34.4. The van der Waals surface area contributed by atoms with Gasteiger partial charge in [-0.25, -0.2) is 8.42 Å². The van der Waals surface area contributed by atoms with Gasteiger partial charge in [0.05, 0.1) is 17.5 Å². The summed E-state index contributed by atoms with van der Waals surface area (Å²) in [7, 11) is -2.88. The van der Waals surface area contributed by atoms with Gasteiger partial charge in [-0.05, 0) is 42.7 Å². The summed E-state index contributed by atoms with van der Waals surface area (Å²) >= 11 is 0. The van der Waals surface area contributed by atoms with Gasteiger partial charge in [0, 0.05) is 31.0 Å². The topological polar surface area (TPSA) is 111 Å². The molecule has 0 saturated carbocycles. The van der Waals surface area contributed by atoms with Crippen LogP contribution in [0, 0.1) is 6.92 Å². The summed E-state index contributed by atoms with van der Waals surface area (Å²) in [6.07, 6.45) is 4.69. The molecule has 204 valence electrons. The van der Waals surface area contributed by atoms with E-state index < -0.39 is 32.2 Å². The molecule has 0 fully saturated rings. The van der Waals surface area contributed by atoms with Crippen LogP contribution in [0.3, 0.4) is 0 Å². The number of nitrogens with zero attached hydrogens (tertiary/aromatic N) is 3. The number of aryl methyl sites for hydroxylation is 2. The highest BCUT2D eigenvalue weighted by molar-refractivity contribution is 7.91. The number of hydrogen-bond acceptors (Lipinski definition) is 7. The molecule has 39 heavy (non-hydrogen) atoms. The van der Waals surface area contributed by atoms with Crippen molar-refractivity contribution in [3.63, 3.8) is 0 Å². The van der Waals surface area contributed by atoms with Crippen LogP contribution in [0.2, 0.25) is 0 Å². The van der Waals surface area contributed by atoms with Crippen molar-refractivity contribution in [3.05, 3.63) is 100 Å². The lowest BCUT2D eigenvalue weighted by atomic mass is 10.1. The largest absolute Gasteiger partial charge is 0.492 e. The van der Waals surface area contributed by atoms with Crippen molar-refractivity contribution >= 4 is 9.84 Å². The van der Waals surface area contributed by atoms with E-state index in [-0.39, 0.29) is 11.5 Å². The predicted octanol–water partition coefficient (Wildman–Crippen LogP) is 5.12. The number of benzene rings is 2. The van der Waals surface area contributed by atoms with Crippen molar-refractivity contribution in [3.8, 4) is 17.0 Å². The third-order valence-electron chi connectivity index (χ3n) is 6.70. The van der Waals surface area contributed by atoms with E-state index in [1.807, 2.05) is 49.4 Å². The van der Waals surface area contributed by atoms with Crippen molar-refractivity contribution in [2.24, 2.45) is 0 Å². The van der Waals surface area contributed by atoms with Gasteiger partial charge in [-0.2, -0.15) is 4.98 Å². The highest BCUT2D eigenvalue weighted by Crippen LogP contribution is 2.30. The molecule has 1 N–H and O–H groups in total. The van der Waals surface area contributed by atoms with Gasteiger partial charge in [-0.15, -0.1) is 0 Å². The molecular formula is C30H33N3O5S. The van der Waals surface area contributed by atoms with Gasteiger partial charge in [0.2, 0.25) is 15.7 Å². The van der Waals surface area contributed by atoms with E-state index in [1.165, 1.54) is 23.8 Å². The molecule has 2 aromatic heterocycles. The highest BCUT2D eigenvalue weighted by atomic mass is 32.2. The van der Waals surface area contributed by atoms with E-state index in [0.717, 1.165) is 41.6 Å². The molecule has 0 saturated heterocycles. The lowest BCUT2D eigenvalue weighted by molar-refractivity contribution is 0.165. The fourth-order valence-corrected chi connectivity index (χ4v) is 6.03. The number of methoxy groups -OCH3 is 1. The Morgan fingerprint density at radius 1 is 1.00 bits per heavy atom. The number of hydrogen-bond donors (Lipinski definition) is 1. The summed E-state index contributed by atoms with van der Waals surface area (Å²) in [4.78, 5) is 21.7. The summed E-state index contributed by atoms with van der Waals surface area (Å²) in [5, 5.41) is 10.9. The van der Waals surface area contributed by atoms with E-state index >= 15 is 0 Å². The SMILES string of the molecule is CCCCCc1nc(O)c(S(=O)(=O)c2ccc(-c3cccnc3C)cc2)c(=O)n1[C@@H](COC)c1ccccc1. The second-order valence-electron chi connectivity index (χ2n) is 9.36. The van der Waals surface area contributed by atoms with Gasteiger partial charge in [-0.1, -0.05) is 68.3 Å². The molecule has 4 aromatic rings. The Bertz CT molecular complexity index is 1580. The molecule has 1 atom stereocenters. The Hall–Kier alpha value is -3.82. The van der Waals surface area contributed by atoms with E-state index in [1.54, 1.807) is 18.3 Å². The van der Waals surface area contributed by atoms with Crippen LogP contribution in [0.25, 0.3) is 11.1 Å². The quantitative estimate of drug-likeness (QED) is 0.259. The van der Waals surface area contributed by atoms with Gasteiger partial charge in [0.15, 0.2) is 4.90 Å². The maximum absolute atomic E-state index is 14.0. The zero-order valence-electron chi connectivity index (χ0n) is 22.4. The number of aromatic hydroxyl groups is 1. The van der Waals surface area contributed by atoms with Crippen LogP contribution in [0.4, 0.5) is 0 Å². The maximum Gasteiger partial charge on any atom is 0.277 e. The number of sulfone groups is 1. The first-order valence-electron chi connectivity index (χ1n) is 12.9. The Morgan fingerprint density at radius 3 is 2.36 bits per heavy atom. The number of ether oxygens (including phenoxy) is 1. The van der Waals surface area contributed by atoms with Gasteiger partial charge >= 0.3 is 0 Å². The maximum atomic E-state index is 14.0. The molecule has 0 bridgehead atoms. The van der Waals surface area contributed by atoms with Crippen molar-refractivity contribution in [1.29, 1.82) is 0 Å². The average Bonchev–Trinajstić information content (AvgIpc) is 2.93. The minimum atomic E-state index is -4.41. The van der Waals surface area contributed by atoms with Crippen LogP contribution in [0.15, 0.2) is 87.5 Å². The molecule has 0 spiro atoms. The lowest BCUT2D eigenvalue weighted by Gasteiger charge is -2.24. The molecule has 0 aliphatic carbocycles. The lowest BCUT2D eigenvalue weighted by Crippen LogP contribution is -2.35. The number of aromatic nitrogens is 3. The van der Waals surface area contributed by atoms with Crippen molar-refractivity contribution in [1.82, 2.24) is 14.5 Å². The molecule has 2 aromatic carbocycles. The molecule has 2 heterocycles. The van der Waals surface area contributed by atoms with Gasteiger partial charge in [-0.3, -0.25) is 14.3 Å². The third kappa shape index (κ3) is 5.94. The van der Waals surface area contributed by atoms with Crippen LogP contribution < -0.4 is 5.56 Å². The molecule has 8 nitrogen and oxygen atoms in total. The fourth-order valence-electron chi connectivity index (χ4n) is 4.69. The average molecular weight is 548 g/mol. The molecular weight excluding hydrogens is 514 g/mol. The van der Waals surface area contributed by atoms with E-state index in [4.69, 9.17) is 4.74 Å². The summed E-state index contributed by atoms with van der Waals surface area (Å²) in [6, 6.07) is 18.5. The smallest absolute Gasteiger partial charge is 0.277 e. The summed E-state index contributed by atoms with van der Waals surface area (Å²) in [6.45, 7) is 4.05. The van der Waals surface area contributed by atoms with Crippen LogP contribution in [-0.4, -0.2) is 41.8 Å². The number of pyridine rings is 1. The Morgan fingerprint density at radius 2 is 1.72 bits per heavy atom. The number of unbranched alkanes of at least 4 members (excludes halogenated alkanes) is 2. The second kappa shape index (κ2) is 12.4.